The topological polar surface area (TPSA) is 62.7 Å². The maximum absolute atomic E-state index is 4.69. The lowest BCUT2D eigenvalue weighted by molar-refractivity contribution is 0.546. The summed E-state index contributed by atoms with van der Waals surface area (Å²) in [5, 5.41) is 8.64. The second-order valence-corrected chi connectivity index (χ2v) is 6.74. The van der Waals surface area contributed by atoms with Crippen molar-refractivity contribution >= 4 is 23.0 Å². The molecule has 2 aromatic rings. The zero-order valence-corrected chi connectivity index (χ0v) is 14.1. The second-order valence-electron chi connectivity index (χ2n) is 6.03. The molecule has 0 saturated heterocycles. The van der Waals surface area contributed by atoms with Gasteiger partial charge in [0.1, 0.15) is 17.5 Å². The van der Waals surface area contributed by atoms with E-state index in [9.17, 15) is 0 Å². The molecule has 0 radical (unpaired) electrons. The van der Waals surface area contributed by atoms with Crippen molar-refractivity contribution < 1.29 is 0 Å². The quantitative estimate of drug-likeness (QED) is 0.888. The molecule has 0 spiro atoms. The Hall–Kier alpha value is -1.69. The fourth-order valence-corrected chi connectivity index (χ4v) is 2.53. The van der Waals surface area contributed by atoms with Gasteiger partial charge in [-0.25, -0.2) is 15.0 Å². The average Bonchev–Trinajstić information content (AvgIpc) is 2.92. The molecule has 5 nitrogen and oxygen atoms in total. The van der Waals surface area contributed by atoms with E-state index in [0.717, 1.165) is 41.7 Å². The summed E-state index contributed by atoms with van der Waals surface area (Å²) in [7, 11) is 1.89. The van der Waals surface area contributed by atoms with E-state index in [2.05, 4.69) is 46.8 Å². The number of hydrogen-bond donors (Lipinski definition) is 2. The summed E-state index contributed by atoms with van der Waals surface area (Å²) in [6.07, 6.45) is 0.896. The van der Waals surface area contributed by atoms with Crippen LogP contribution in [0.4, 0.5) is 11.6 Å². The number of hydrogen-bond acceptors (Lipinski definition) is 6. The number of rotatable bonds is 5. The first-order chi connectivity index (χ1) is 9.91. The third-order valence-corrected chi connectivity index (χ3v) is 3.85. The molecule has 0 aromatic carbocycles. The average molecular weight is 305 g/mol. The third-order valence-electron chi connectivity index (χ3n) is 3.21. The number of anilines is 2. The summed E-state index contributed by atoms with van der Waals surface area (Å²) >= 11 is 1.63. The lowest BCUT2D eigenvalue weighted by Crippen LogP contribution is -2.20. The van der Waals surface area contributed by atoms with Gasteiger partial charge in [0, 0.05) is 36.4 Å². The zero-order valence-electron chi connectivity index (χ0n) is 13.3. The molecule has 0 aliphatic heterocycles. The molecule has 2 rings (SSSR count). The Morgan fingerprint density at radius 1 is 1.19 bits per heavy atom. The van der Waals surface area contributed by atoms with Gasteiger partial charge in [-0.2, -0.15) is 0 Å². The third kappa shape index (κ3) is 3.91. The van der Waals surface area contributed by atoms with Crippen LogP contribution in [0.2, 0.25) is 0 Å². The standard InChI is InChI=1S/C15H23N5S/c1-10-12(16-5)19-14(15(2,3)4)20-13(10)17-7-6-11-8-21-9-18-11/h8-9H,6-7H2,1-5H3,(H2,16,17,19,20). The van der Waals surface area contributed by atoms with Crippen molar-refractivity contribution in [2.24, 2.45) is 0 Å². The van der Waals surface area contributed by atoms with Crippen LogP contribution >= 0.6 is 11.3 Å². The Balaban J connectivity index is 2.17. The molecule has 0 atom stereocenters. The summed E-state index contributed by atoms with van der Waals surface area (Å²) in [6, 6.07) is 0. The molecule has 114 valence electrons. The van der Waals surface area contributed by atoms with Gasteiger partial charge in [-0.15, -0.1) is 11.3 Å². The maximum atomic E-state index is 4.69. The molecule has 2 heterocycles. The Morgan fingerprint density at radius 3 is 2.48 bits per heavy atom. The molecular formula is C15H23N5S. The smallest absolute Gasteiger partial charge is 0.138 e. The van der Waals surface area contributed by atoms with Gasteiger partial charge in [0.25, 0.3) is 0 Å². The van der Waals surface area contributed by atoms with E-state index in [-0.39, 0.29) is 5.41 Å². The van der Waals surface area contributed by atoms with Crippen LogP contribution in [0.3, 0.4) is 0 Å². The first-order valence-corrected chi connectivity index (χ1v) is 8.04. The zero-order chi connectivity index (χ0) is 15.5. The predicted octanol–water partition coefficient (Wildman–Crippen LogP) is 3.24. The Bertz CT molecular complexity index is 587. The fraction of sp³-hybridized carbons (Fsp3) is 0.533. The van der Waals surface area contributed by atoms with Crippen molar-refractivity contribution in [3.63, 3.8) is 0 Å². The molecule has 6 heteroatoms. The molecule has 0 unspecified atom stereocenters. The largest absolute Gasteiger partial charge is 0.373 e. The Kier molecular flexibility index (Phi) is 4.77. The van der Waals surface area contributed by atoms with Crippen molar-refractivity contribution in [3.05, 3.63) is 28.0 Å². The van der Waals surface area contributed by atoms with E-state index >= 15 is 0 Å². The molecule has 0 aliphatic carbocycles. The molecule has 0 aliphatic rings. The molecule has 21 heavy (non-hydrogen) atoms. The van der Waals surface area contributed by atoms with Crippen LogP contribution in [0.15, 0.2) is 10.9 Å². The molecule has 2 N–H and O–H groups in total. The number of nitrogens with zero attached hydrogens (tertiary/aromatic N) is 3. The van der Waals surface area contributed by atoms with Crippen molar-refractivity contribution in [1.29, 1.82) is 0 Å². The highest BCUT2D eigenvalue weighted by Gasteiger charge is 2.20. The summed E-state index contributed by atoms with van der Waals surface area (Å²) in [6.45, 7) is 9.21. The van der Waals surface area contributed by atoms with E-state index < -0.39 is 0 Å². The van der Waals surface area contributed by atoms with Crippen LogP contribution in [-0.2, 0) is 11.8 Å². The first kappa shape index (κ1) is 15.7. The minimum atomic E-state index is -0.0787. The SMILES string of the molecule is CNc1nc(C(C)(C)C)nc(NCCc2cscn2)c1C. The molecule has 0 fully saturated rings. The summed E-state index contributed by atoms with van der Waals surface area (Å²) in [5.74, 6) is 2.62. The second kappa shape index (κ2) is 6.39. The Morgan fingerprint density at radius 2 is 1.90 bits per heavy atom. The van der Waals surface area contributed by atoms with Crippen LogP contribution in [0.5, 0.6) is 0 Å². The fourth-order valence-electron chi connectivity index (χ4n) is 1.94. The highest BCUT2D eigenvalue weighted by molar-refractivity contribution is 7.07. The monoisotopic (exact) mass is 305 g/mol. The van der Waals surface area contributed by atoms with Gasteiger partial charge in [-0.05, 0) is 6.92 Å². The number of thiazole rings is 1. The molecule has 0 amide bonds. The number of nitrogens with one attached hydrogen (secondary N) is 2. The highest BCUT2D eigenvalue weighted by atomic mass is 32.1. The van der Waals surface area contributed by atoms with Crippen molar-refractivity contribution in [2.75, 3.05) is 24.2 Å². The Labute approximate surface area is 130 Å². The van der Waals surface area contributed by atoms with Gasteiger partial charge in [0.2, 0.25) is 0 Å². The maximum Gasteiger partial charge on any atom is 0.138 e. The van der Waals surface area contributed by atoms with Crippen molar-refractivity contribution in [3.8, 4) is 0 Å². The van der Waals surface area contributed by atoms with Gasteiger partial charge in [0.05, 0.1) is 11.2 Å². The predicted molar refractivity (Wildman–Crippen MR) is 89.3 cm³/mol. The summed E-state index contributed by atoms with van der Waals surface area (Å²) in [4.78, 5) is 13.6. The van der Waals surface area contributed by atoms with E-state index in [1.165, 1.54) is 0 Å². The lowest BCUT2D eigenvalue weighted by Gasteiger charge is -2.20. The normalized spacial score (nSPS) is 11.5. The minimum Gasteiger partial charge on any atom is -0.373 e. The molecule has 0 saturated carbocycles. The van der Waals surface area contributed by atoms with Gasteiger partial charge >= 0.3 is 0 Å². The van der Waals surface area contributed by atoms with E-state index in [0.29, 0.717) is 0 Å². The molecular weight excluding hydrogens is 282 g/mol. The summed E-state index contributed by atoms with van der Waals surface area (Å²) in [5.41, 5.74) is 3.94. The van der Waals surface area contributed by atoms with E-state index in [1.807, 2.05) is 19.5 Å². The molecule has 2 aromatic heterocycles. The lowest BCUT2D eigenvalue weighted by atomic mass is 9.95. The van der Waals surface area contributed by atoms with Crippen molar-refractivity contribution in [2.45, 2.75) is 39.5 Å². The van der Waals surface area contributed by atoms with Gasteiger partial charge in [-0.3, -0.25) is 0 Å². The van der Waals surface area contributed by atoms with E-state index in [1.54, 1.807) is 11.3 Å². The van der Waals surface area contributed by atoms with Crippen LogP contribution in [0.1, 0.15) is 37.9 Å². The first-order valence-electron chi connectivity index (χ1n) is 7.09. The van der Waals surface area contributed by atoms with Gasteiger partial charge in [-0.1, -0.05) is 20.8 Å². The molecule has 0 bridgehead atoms. The van der Waals surface area contributed by atoms with Crippen LogP contribution in [0.25, 0.3) is 0 Å². The highest BCUT2D eigenvalue weighted by Crippen LogP contribution is 2.26. The van der Waals surface area contributed by atoms with Crippen LogP contribution in [-0.4, -0.2) is 28.5 Å². The van der Waals surface area contributed by atoms with Gasteiger partial charge in [0.15, 0.2) is 0 Å². The summed E-state index contributed by atoms with van der Waals surface area (Å²) < 4.78 is 0. The number of aromatic nitrogens is 3. The van der Waals surface area contributed by atoms with Crippen molar-refractivity contribution in [1.82, 2.24) is 15.0 Å². The van der Waals surface area contributed by atoms with E-state index in [4.69, 9.17) is 4.98 Å². The minimum absolute atomic E-state index is 0.0787. The van der Waals surface area contributed by atoms with Crippen LogP contribution in [0, 0.1) is 6.92 Å². The van der Waals surface area contributed by atoms with Crippen LogP contribution < -0.4 is 10.6 Å². The van der Waals surface area contributed by atoms with Gasteiger partial charge < -0.3 is 10.6 Å².